The van der Waals surface area contributed by atoms with Crippen LogP contribution >= 0.6 is 11.8 Å². The van der Waals surface area contributed by atoms with Crippen LogP contribution in [0.15, 0.2) is 78.9 Å². The maximum atomic E-state index is 11.7. The van der Waals surface area contributed by atoms with Gasteiger partial charge in [0.1, 0.15) is 5.69 Å². The zero-order valence-corrected chi connectivity index (χ0v) is 16.8. The van der Waals surface area contributed by atoms with Crippen molar-refractivity contribution in [1.29, 1.82) is 0 Å². The number of benzene rings is 3. The van der Waals surface area contributed by atoms with E-state index >= 15 is 0 Å². The smallest absolute Gasteiger partial charge is 0.292 e. The topological polar surface area (TPSA) is 58.4 Å². The van der Waals surface area contributed by atoms with E-state index < -0.39 is 0 Å². The number of nitro groups is 1. The van der Waals surface area contributed by atoms with E-state index in [0.29, 0.717) is 5.69 Å². The van der Waals surface area contributed by atoms with Crippen molar-refractivity contribution in [1.82, 2.24) is 0 Å². The summed E-state index contributed by atoms with van der Waals surface area (Å²) in [5, 5.41) is 15.2. The summed E-state index contributed by atoms with van der Waals surface area (Å²) in [5.74, 6) is 2.16. The lowest BCUT2D eigenvalue weighted by atomic mass is 9.98. The third-order valence-corrected chi connectivity index (χ3v) is 6.06. The van der Waals surface area contributed by atoms with Gasteiger partial charge in [0.2, 0.25) is 0 Å². The molecule has 4 rings (SSSR count). The summed E-state index contributed by atoms with van der Waals surface area (Å²) < 4.78 is 0. The van der Waals surface area contributed by atoms with E-state index in [-0.39, 0.29) is 16.7 Å². The molecule has 0 amide bonds. The molecule has 0 bridgehead atoms. The number of nitrogens with one attached hydrogen (secondary N) is 1. The fourth-order valence-electron chi connectivity index (χ4n) is 3.62. The van der Waals surface area contributed by atoms with Gasteiger partial charge < -0.3 is 10.2 Å². The quantitative estimate of drug-likeness (QED) is 0.442. The van der Waals surface area contributed by atoms with E-state index in [9.17, 15) is 10.1 Å². The Morgan fingerprint density at radius 2 is 1.48 bits per heavy atom. The second-order valence-corrected chi connectivity index (χ2v) is 8.18. The normalized spacial score (nSPS) is 14.0. The van der Waals surface area contributed by atoms with Gasteiger partial charge in [0.25, 0.3) is 5.69 Å². The van der Waals surface area contributed by atoms with Crippen LogP contribution in [0, 0.1) is 10.1 Å². The second kappa shape index (κ2) is 9.01. The molecule has 148 valence electrons. The van der Waals surface area contributed by atoms with Crippen LogP contribution in [0.25, 0.3) is 0 Å². The molecule has 3 aromatic rings. The summed E-state index contributed by atoms with van der Waals surface area (Å²) in [5.41, 5.74) is 3.79. The van der Waals surface area contributed by atoms with Crippen LogP contribution in [0.4, 0.5) is 17.1 Å². The molecule has 0 saturated carbocycles. The monoisotopic (exact) mass is 405 g/mol. The average molecular weight is 406 g/mol. The Morgan fingerprint density at radius 1 is 0.897 bits per heavy atom. The summed E-state index contributed by atoms with van der Waals surface area (Å²) >= 11 is 1.95. The van der Waals surface area contributed by atoms with Crippen LogP contribution in [0.1, 0.15) is 17.2 Å². The molecule has 3 aromatic carbocycles. The number of hydrogen-bond donors (Lipinski definition) is 1. The average Bonchev–Trinajstić information content (AvgIpc) is 2.79. The molecule has 29 heavy (non-hydrogen) atoms. The lowest BCUT2D eigenvalue weighted by Crippen LogP contribution is -2.32. The van der Waals surface area contributed by atoms with Crippen LogP contribution in [0.2, 0.25) is 0 Å². The number of thioether (sulfide) groups is 1. The summed E-state index contributed by atoms with van der Waals surface area (Å²) in [6.07, 6.45) is 0. The maximum absolute atomic E-state index is 11.7. The summed E-state index contributed by atoms with van der Waals surface area (Å²) in [6, 6.07) is 25.3. The highest BCUT2D eigenvalue weighted by molar-refractivity contribution is 7.99. The Morgan fingerprint density at radius 3 is 2.03 bits per heavy atom. The molecule has 6 heteroatoms. The maximum Gasteiger partial charge on any atom is 0.292 e. The first-order valence-electron chi connectivity index (χ1n) is 9.70. The van der Waals surface area contributed by atoms with Crippen molar-refractivity contribution in [2.45, 2.75) is 6.04 Å². The number of rotatable bonds is 6. The van der Waals surface area contributed by atoms with E-state index in [1.54, 1.807) is 6.07 Å². The van der Waals surface area contributed by atoms with Gasteiger partial charge in [-0.1, -0.05) is 60.7 Å². The Balaban J connectivity index is 1.73. The fraction of sp³-hybridized carbons (Fsp3) is 0.217. The lowest BCUT2D eigenvalue weighted by molar-refractivity contribution is -0.384. The van der Waals surface area contributed by atoms with Crippen molar-refractivity contribution < 1.29 is 4.92 Å². The van der Waals surface area contributed by atoms with Gasteiger partial charge in [-0.25, -0.2) is 0 Å². The number of hydrogen-bond acceptors (Lipinski definition) is 5. The van der Waals surface area contributed by atoms with Crippen molar-refractivity contribution in [3.8, 4) is 0 Å². The first kappa shape index (κ1) is 19.3. The van der Waals surface area contributed by atoms with Crippen LogP contribution in [0.3, 0.4) is 0 Å². The van der Waals surface area contributed by atoms with Gasteiger partial charge in [-0.2, -0.15) is 11.8 Å². The predicted octanol–water partition coefficient (Wildman–Crippen LogP) is 5.35. The molecule has 1 heterocycles. The van der Waals surface area contributed by atoms with E-state index in [0.717, 1.165) is 41.4 Å². The molecule has 1 saturated heterocycles. The van der Waals surface area contributed by atoms with Crippen LogP contribution < -0.4 is 10.2 Å². The summed E-state index contributed by atoms with van der Waals surface area (Å²) in [4.78, 5) is 13.7. The van der Waals surface area contributed by atoms with Gasteiger partial charge in [0, 0.05) is 36.3 Å². The van der Waals surface area contributed by atoms with Gasteiger partial charge in [0.15, 0.2) is 0 Å². The Bertz CT molecular complexity index is 921. The molecular weight excluding hydrogens is 382 g/mol. The predicted molar refractivity (Wildman–Crippen MR) is 121 cm³/mol. The minimum Gasteiger partial charge on any atom is -0.370 e. The van der Waals surface area contributed by atoms with Gasteiger partial charge in [-0.15, -0.1) is 0 Å². The van der Waals surface area contributed by atoms with Crippen LogP contribution in [0.5, 0.6) is 0 Å². The van der Waals surface area contributed by atoms with Crippen molar-refractivity contribution in [3.05, 3.63) is 100 Å². The Hall–Kier alpha value is -2.99. The van der Waals surface area contributed by atoms with Gasteiger partial charge >= 0.3 is 0 Å². The van der Waals surface area contributed by atoms with Gasteiger partial charge in [-0.05, 0) is 23.3 Å². The molecule has 1 aliphatic rings. The zero-order chi connectivity index (χ0) is 20.1. The first-order chi connectivity index (χ1) is 14.2. The van der Waals surface area contributed by atoms with Gasteiger partial charge in [0.05, 0.1) is 11.0 Å². The zero-order valence-electron chi connectivity index (χ0n) is 16.0. The minimum atomic E-state index is -0.314. The van der Waals surface area contributed by atoms with Crippen molar-refractivity contribution in [2.24, 2.45) is 0 Å². The molecule has 0 unspecified atom stereocenters. The minimum absolute atomic E-state index is 0.0944. The van der Waals surface area contributed by atoms with Crippen molar-refractivity contribution in [3.63, 3.8) is 0 Å². The molecule has 5 nitrogen and oxygen atoms in total. The summed E-state index contributed by atoms with van der Waals surface area (Å²) in [7, 11) is 0. The third-order valence-electron chi connectivity index (χ3n) is 5.12. The first-order valence-corrected chi connectivity index (χ1v) is 10.9. The van der Waals surface area contributed by atoms with E-state index in [1.165, 1.54) is 0 Å². The SMILES string of the molecule is O=[N+]([O-])c1ccc(N2CCSCC2)cc1NC(c1ccccc1)c1ccccc1. The third kappa shape index (κ3) is 4.54. The standard InChI is InChI=1S/C23H23N3O2S/c27-26(28)22-12-11-20(25-13-15-29-16-14-25)17-21(22)24-23(18-7-3-1-4-8-18)19-9-5-2-6-10-19/h1-12,17,23-24H,13-16H2. The van der Waals surface area contributed by atoms with Crippen molar-refractivity contribution in [2.75, 3.05) is 34.8 Å². The summed E-state index contributed by atoms with van der Waals surface area (Å²) in [6.45, 7) is 1.92. The molecule has 0 aromatic heterocycles. The lowest BCUT2D eigenvalue weighted by Gasteiger charge is -2.29. The highest BCUT2D eigenvalue weighted by Gasteiger charge is 2.22. The van der Waals surface area contributed by atoms with Crippen LogP contribution in [-0.4, -0.2) is 29.5 Å². The molecule has 0 radical (unpaired) electrons. The largest absolute Gasteiger partial charge is 0.370 e. The molecule has 0 atom stereocenters. The molecule has 1 aliphatic heterocycles. The van der Waals surface area contributed by atoms with Gasteiger partial charge in [-0.3, -0.25) is 10.1 Å². The Labute approximate surface area is 174 Å². The molecule has 0 spiro atoms. The number of anilines is 2. The second-order valence-electron chi connectivity index (χ2n) is 6.96. The van der Waals surface area contributed by atoms with E-state index in [4.69, 9.17) is 0 Å². The van der Waals surface area contributed by atoms with E-state index in [2.05, 4.69) is 10.2 Å². The molecule has 0 aliphatic carbocycles. The Kier molecular flexibility index (Phi) is 6.00. The van der Waals surface area contributed by atoms with Crippen LogP contribution in [-0.2, 0) is 0 Å². The van der Waals surface area contributed by atoms with Crippen molar-refractivity contribution >= 4 is 28.8 Å². The molecular formula is C23H23N3O2S. The number of nitrogens with zero attached hydrogens (tertiary/aromatic N) is 2. The molecule has 1 fully saturated rings. The molecule has 1 N–H and O–H groups in total. The van der Waals surface area contributed by atoms with E-state index in [1.807, 2.05) is 84.6 Å². The fourth-order valence-corrected chi connectivity index (χ4v) is 4.53. The highest BCUT2D eigenvalue weighted by atomic mass is 32.2. The highest BCUT2D eigenvalue weighted by Crippen LogP contribution is 2.35. The number of nitro benzene ring substituents is 1.